The fourth-order valence-corrected chi connectivity index (χ4v) is 2.47. The minimum Gasteiger partial charge on any atom is -0.480 e. The molecule has 0 atom stereocenters. The molecule has 0 bridgehead atoms. The molecule has 1 amide bonds. The summed E-state index contributed by atoms with van der Waals surface area (Å²) in [6, 6.07) is 10.3. The van der Waals surface area contributed by atoms with Gasteiger partial charge in [-0.1, -0.05) is 12.1 Å². The number of hydrogen-bond donors (Lipinski definition) is 3. The number of carbonyl (C=O) groups is 1. The summed E-state index contributed by atoms with van der Waals surface area (Å²) in [5.74, 6) is 0.208. The van der Waals surface area contributed by atoms with E-state index in [4.69, 9.17) is 16.2 Å². The number of halogens is 1. The number of carbonyl (C=O) groups excluding carboxylic acids is 1. The summed E-state index contributed by atoms with van der Waals surface area (Å²) < 4.78 is 20.4. The average Bonchev–Trinajstić information content (AvgIpc) is 3.01. The van der Waals surface area contributed by atoms with Crippen molar-refractivity contribution in [2.24, 2.45) is 11.5 Å². The molecule has 158 valence electrons. The number of benzene rings is 1. The number of aryl methyl sites for hydroxylation is 2. The molecule has 5 N–H and O–H groups in total. The Morgan fingerprint density at radius 3 is 2.60 bits per heavy atom. The van der Waals surface area contributed by atoms with Gasteiger partial charge in [0.25, 0.3) is 0 Å². The van der Waals surface area contributed by atoms with E-state index < -0.39 is 0 Å². The number of fused-ring (bicyclic) bond motifs is 1. The standard InChI is InChI=1S/C14H12FN3.C7H13N3O2/c1-9-10(2)18-14(16-9)8-7-13(17-18)11-5-3-4-6-12(11)15;1-2-12-7(9)4-3-6(8)10-5-11/h3-8H,1-2H3;3-5H,2,8-9H2,1H3,(H,10,11)/b;6-3+,7-4+. The summed E-state index contributed by atoms with van der Waals surface area (Å²) in [6.45, 7) is 6.20. The van der Waals surface area contributed by atoms with Crippen LogP contribution >= 0.6 is 0 Å². The van der Waals surface area contributed by atoms with E-state index in [0.717, 1.165) is 17.0 Å². The predicted molar refractivity (Wildman–Crippen MR) is 113 cm³/mol. The topological polar surface area (TPSA) is 121 Å². The monoisotopic (exact) mass is 412 g/mol. The highest BCUT2D eigenvalue weighted by molar-refractivity contribution is 5.61. The summed E-state index contributed by atoms with van der Waals surface area (Å²) in [7, 11) is 0. The van der Waals surface area contributed by atoms with Crippen LogP contribution in [0.2, 0.25) is 0 Å². The molecular weight excluding hydrogens is 387 g/mol. The molecule has 3 aromatic rings. The number of ether oxygens (including phenoxy) is 1. The van der Waals surface area contributed by atoms with Crippen LogP contribution in [0, 0.1) is 19.7 Å². The molecule has 9 heteroatoms. The molecule has 30 heavy (non-hydrogen) atoms. The lowest BCUT2D eigenvalue weighted by atomic mass is 10.1. The Bertz CT molecular complexity index is 1070. The Hall–Kier alpha value is -3.88. The van der Waals surface area contributed by atoms with Crippen LogP contribution < -0.4 is 16.8 Å². The predicted octanol–water partition coefficient (Wildman–Crippen LogP) is 2.52. The van der Waals surface area contributed by atoms with Gasteiger partial charge >= 0.3 is 0 Å². The zero-order chi connectivity index (χ0) is 22.1. The smallest absolute Gasteiger partial charge is 0.212 e. The van der Waals surface area contributed by atoms with Gasteiger partial charge in [-0.25, -0.2) is 13.9 Å². The molecule has 8 nitrogen and oxygen atoms in total. The second-order valence-corrected chi connectivity index (χ2v) is 6.14. The van der Waals surface area contributed by atoms with E-state index >= 15 is 0 Å². The first-order chi connectivity index (χ1) is 14.4. The zero-order valence-corrected chi connectivity index (χ0v) is 17.1. The first-order valence-electron chi connectivity index (χ1n) is 9.21. The van der Waals surface area contributed by atoms with Crippen molar-refractivity contribution in [2.75, 3.05) is 6.61 Å². The van der Waals surface area contributed by atoms with Crippen LogP contribution in [0.5, 0.6) is 0 Å². The van der Waals surface area contributed by atoms with Crippen molar-refractivity contribution in [2.45, 2.75) is 20.8 Å². The second kappa shape index (κ2) is 10.6. The third kappa shape index (κ3) is 5.81. The lowest BCUT2D eigenvalue weighted by Crippen LogP contribution is -2.17. The number of nitrogens with two attached hydrogens (primary N) is 2. The van der Waals surface area contributed by atoms with Crippen molar-refractivity contribution in [3.8, 4) is 11.3 Å². The van der Waals surface area contributed by atoms with Crippen LogP contribution in [0.15, 0.2) is 60.3 Å². The van der Waals surface area contributed by atoms with Crippen LogP contribution in [0.4, 0.5) is 4.39 Å². The molecule has 0 spiro atoms. The van der Waals surface area contributed by atoms with Crippen molar-refractivity contribution in [3.63, 3.8) is 0 Å². The molecular formula is C21H25FN6O2. The first-order valence-corrected chi connectivity index (χ1v) is 9.21. The number of hydrogen-bond acceptors (Lipinski definition) is 6. The van der Waals surface area contributed by atoms with Crippen molar-refractivity contribution in [3.05, 3.63) is 77.5 Å². The first kappa shape index (κ1) is 22.4. The van der Waals surface area contributed by atoms with Crippen molar-refractivity contribution >= 4 is 12.1 Å². The van der Waals surface area contributed by atoms with E-state index in [9.17, 15) is 9.18 Å². The van der Waals surface area contributed by atoms with Crippen LogP contribution in [0.1, 0.15) is 18.3 Å². The second-order valence-electron chi connectivity index (χ2n) is 6.14. The Balaban J connectivity index is 0.000000235. The van der Waals surface area contributed by atoms with Gasteiger partial charge in [-0.15, -0.1) is 0 Å². The van der Waals surface area contributed by atoms with Gasteiger partial charge in [0.15, 0.2) is 11.5 Å². The number of rotatable bonds is 6. The van der Waals surface area contributed by atoms with E-state index in [1.807, 2.05) is 26.8 Å². The lowest BCUT2D eigenvalue weighted by molar-refractivity contribution is -0.108. The Kier molecular flexibility index (Phi) is 7.92. The Morgan fingerprint density at radius 2 is 1.93 bits per heavy atom. The maximum Gasteiger partial charge on any atom is 0.212 e. The van der Waals surface area contributed by atoms with Gasteiger partial charge in [-0.3, -0.25) is 4.79 Å². The van der Waals surface area contributed by atoms with Crippen molar-refractivity contribution in [1.82, 2.24) is 19.9 Å². The minimum absolute atomic E-state index is 0.215. The van der Waals surface area contributed by atoms with Gasteiger partial charge in [0.05, 0.1) is 23.7 Å². The number of aromatic nitrogens is 3. The Morgan fingerprint density at radius 1 is 1.20 bits per heavy atom. The Labute approximate surface area is 174 Å². The quantitative estimate of drug-likeness (QED) is 0.325. The molecule has 2 aromatic heterocycles. The zero-order valence-electron chi connectivity index (χ0n) is 17.1. The highest BCUT2D eigenvalue weighted by atomic mass is 19.1. The fourth-order valence-electron chi connectivity index (χ4n) is 2.47. The molecule has 3 rings (SSSR count). The van der Waals surface area contributed by atoms with E-state index in [2.05, 4.69) is 15.4 Å². The van der Waals surface area contributed by atoms with Crippen molar-refractivity contribution < 1.29 is 13.9 Å². The average molecular weight is 412 g/mol. The molecule has 0 saturated heterocycles. The van der Waals surface area contributed by atoms with Crippen molar-refractivity contribution in [1.29, 1.82) is 0 Å². The molecule has 0 unspecified atom stereocenters. The third-order valence-electron chi connectivity index (χ3n) is 4.05. The van der Waals surface area contributed by atoms with E-state index in [0.29, 0.717) is 24.3 Å². The van der Waals surface area contributed by atoms with Gasteiger partial charge in [0, 0.05) is 11.6 Å². The minimum atomic E-state index is -0.265. The van der Waals surface area contributed by atoms with Crippen LogP contribution in [-0.4, -0.2) is 27.6 Å². The molecule has 0 aliphatic heterocycles. The number of nitrogens with zero attached hydrogens (tertiary/aromatic N) is 3. The van der Waals surface area contributed by atoms with E-state index in [1.54, 1.807) is 28.8 Å². The van der Waals surface area contributed by atoms with E-state index in [1.165, 1.54) is 18.2 Å². The molecule has 2 heterocycles. The van der Waals surface area contributed by atoms with E-state index in [-0.39, 0.29) is 17.5 Å². The molecule has 0 fully saturated rings. The number of imidazole rings is 1. The van der Waals surface area contributed by atoms with Gasteiger partial charge in [0.2, 0.25) is 6.41 Å². The number of amides is 1. The number of nitrogens with one attached hydrogen (secondary N) is 1. The summed E-state index contributed by atoms with van der Waals surface area (Å²) >= 11 is 0. The maximum absolute atomic E-state index is 13.7. The maximum atomic E-state index is 13.7. The molecule has 0 saturated carbocycles. The molecule has 0 aliphatic carbocycles. The largest absolute Gasteiger partial charge is 0.480 e. The summed E-state index contributed by atoms with van der Waals surface area (Å²) in [6.07, 6.45) is 3.39. The van der Waals surface area contributed by atoms with Crippen LogP contribution in [0.25, 0.3) is 16.9 Å². The van der Waals surface area contributed by atoms with Crippen LogP contribution in [-0.2, 0) is 9.53 Å². The van der Waals surface area contributed by atoms with Gasteiger partial charge in [-0.2, -0.15) is 5.10 Å². The van der Waals surface area contributed by atoms with Gasteiger partial charge in [0.1, 0.15) is 11.6 Å². The number of allylic oxidation sites excluding steroid dienone is 2. The van der Waals surface area contributed by atoms with Gasteiger partial charge < -0.3 is 21.5 Å². The summed E-state index contributed by atoms with van der Waals surface area (Å²) in [4.78, 5) is 14.2. The summed E-state index contributed by atoms with van der Waals surface area (Å²) in [5.41, 5.74) is 14.5. The fraction of sp³-hybridized carbons (Fsp3) is 0.190. The molecule has 0 aliphatic rings. The van der Waals surface area contributed by atoms with Gasteiger partial charge in [-0.05, 0) is 51.1 Å². The normalized spacial score (nSPS) is 11.6. The lowest BCUT2D eigenvalue weighted by Gasteiger charge is -2.03. The molecule has 1 aromatic carbocycles. The molecule has 0 radical (unpaired) electrons. The summed E-state index contributed by atoms with van der Waals surface area (Å²) in [5, 5.41) is 6.69. The van der Waals surface area contributed by atoms with Crippen LogP contribution in [0.3, 0.4) is 0 Å². The SMILES string of the molecule is CCO/C(N)=C/C=C(\N)NC=O.Cc1nc2ccc(-c3ccccc3F)nn2c1C. The highest BCUT2D eigenvalue weighted by Gasteiger charge is 2.09. The highest BCUT2D eigenvalue weighted by Crippen LogP contribution is 2.21. The third-order valence-corrected chi connectivity index (χ3v) is 4.05.